The van der Waals surface area contributed by atoms with Crippen LogP contribution in [-0.2, 0) is 7.05 Å². The predicted molar refractivity (Wildman–Crippen MR) is 73.4 cm³/mol. The first kappa shape index (κ1) is 13.1. The van der Waals surface area contributed by atoms with E-state index >= 15 is 0 Å². The lowest BCUT2D eigenvalue weighted by Gasteiger charge is -2.12. The van der Waals surface area contributed by atoms with Gasteiger partial charge in [-0.15, -0.1) is 12.4 Å². The summed E-state index contributed by atoms with van der Waals surface area (Å²) in [4.78, 5) is 0. The molecule has 18 heavy (non-hydrogen) atoms. The van der Waals surface area contributed by atoms with Crippen molar-refractivity contribution < 1.29 is 4.39 Å². The molecular weight excluding hydrogens is 253 g/mol. The molecule has 0 bridgehead atoms. The number of benzene rings is 1. The van der Waals surface area contributed by atoms with Crippen LogP contribution in [0.2, 0.25) is 0 Å². The molecule has 0 amide bonds. The second kappa shape index (κ2) is 5.08. The smallest absolute Gasteiger partial charge is 0.124 e. The van der Waals surface area contributed by atoms with E-state index in [1.54, 1.807) is 12.1 Å². The van der Waals surface area contributed by atoms with Crippen LogP contribution in [0.3, 0.4) is 0 Å². The van der Waals surface area contributed by atoms with Crippen molar-refractivity contribution >= 4 is 28.9 Å². The van der Waals surface area contributed by atoms with Gasteiger partial charge in [0, 0.05) is 19.0 Å². The minimum absolute atomic E-state index is 0. The maximum Gasteiger partial charge on any atom is 0.124 e. The quantitative estimate of drug-likeness (QED) is 0.860. The molecule has 0 spiro atoms. The van der Waals surface area contributed by atoms with Crippen LogP contribution in [0.1, 0.15) is 12.1 Å². The molecular formula is C13H15ClFN3. The molecule has 3 nitrogen and oxygen atoms in total. The van der Waals surface area contributed by atoms with Gasteiger partial charge in [-0.25, -0.2) is 4.39 Å². The lowest BCUT2D eigenvalue weighted by molar-refractivity contribution is 0.629. The Hall–Kier alpha value is -1.39. The van der Waals surface area contributed by atoms with Crippen molar-refractivity contribution in [3.63, 3.8) is 0 Å². The molecule has 2 aromatic rings. The maximum atomic E-state index is 13.3. The van der Waals surface area contributed by atoms with E-state index in [9.17, 15) is 4.39 Å². The molecule has 0 fully saturated rings. The van der Waals surface area contributed by atoms with Crippen LogP contribution >= 0.6 is 12.4 Å². The van der Waals surface area contributed by atoms with Crippen LogP contribution in [-0.4, -0.2) is 22.9 Å². The van der Waals surface area contributed by atoms with E-state index < -0.39 is 0 Å². The van der Waals surface area contributed by atoms with E-state index in [0.717, 1.165) is 36.1 Å². The average Bonchev–Trinajstić information content (AvgIpc) is 2.67. The second-order valence-corrected chi connectivity index (χ2v) is 4.32. The average molecular weight is 268 g/mol. The number of rotatable bonds is 1. The number of hydrogen-bond donors (Lipinski definition) is 1. The Morgan fingerprint density at radius 3 is 2.94 bits per heavy atom. The van der Waals surface area contributed by atoms with Crippen molar-refractivity contribution in [2.45, 2.75) is 6.42 Å². The highest BCUT2D eigenvalue weighted by Gasteiger charge is 2.14. The summed E-state index contributed by atoms with van der Waals surface area (Å²) in [7, 11) is 1.89. The van der Waals surface area contributed by atoms with E-state index in [-0.39, 0.29) is 18.2 Å². The lowest BCUT2D eigenvalue weighted by Crippen LogP contribution is -2.20. The zero-order chi connectivity index (χ0) is 11.8. The van der Waals surface area contributed by atoms with E-state index in [1.807, 2.05) is 11.7 Å². The fourth-order valence-electron chi connectivity index (χ4n) is 2.31. The highest BCUT2D eigenvalue weighted by atomic mass is 35.5. The molecule has 5 heteroatoms. The molecule has 3 rings (SSSR count). The Bertz CT molecular complexity index is 604. The lowest BCUT2D eigenvalue weighted by atomic mass is 10.0. The number of aryl methyl sites for hydroxylation is 1. The topological polar surface area (TPSA) is 29.9 Å². The Morgan fingerprint density at radius 2 is 2.22 bits per heavy atom. The van der Waals surface area contributed by atoms with Crippen molar-refractivity contribution in [2.75, 3.05) is 13.1 Å². The SMILES string of the molecule is Cl.Cn1nc(C2=CCNCC2)c2cc(F)ccc21. The van der Waals surface area contributed by atoms with E-state index in [0.29, 0.717) is 0 Å². The molecule has 1 aromatic heterocycles. The van der Waals surface area contributed by atoms with Crippen LogP contribution in [0.4, 0.5) is 4.39 Å². The van der Waals surface area contributed by atoms with Gasteiger partial charge in [-0.2, -0.15) is 5.10 Å². The number of nitrogens with zero attached hydrogens (tertiary/aromatic N) is 2. The van der Waals surface area contributed by atoms with E-state index in [1.165, 1.54) is 11.6 Å². The van der Waals surface area contributed by atoms with Crippen molar-refractivity contribution in [3.05, 3.63) is 35.8 Å². The summed E-state index contributed by atoms with van der Waals surface area (Å²) in [6, 6.07) is 4.83. The van der Waals surface area contributed by atoms with Crippen molar-refractivity contribution in [1.29, 1.82) is 0 Å². The zero-order valence-corrected chi connectivity index (χ0v) is 10.9. The van der Waals surface area contributed by atoms with Gasteiger partial charge in [0.25, 0.3) is 0 Å². The summed E-state index contributed by atoms with van der Waals surface area (Å²) >= 11 is 0. The molecule has 0 unspecified atom stereocenters. The van der Waals surface area contributed by atoms with Gasteiger partial charge in [-0.05, 0) is 36.7 Å². The molecule has 1 aliphatic rings. The normalized spacial score (nSPS) is 15.3. The van der Waals surface area contributed by atoms with E-state index in [4.69, 9.17) is 0 Å². The number of hydrogen-bond acceptors (Lipinski definition) is 2. The molecule has 0 atom stereocenters. The summed E-state index contributed by atoms with van der Waals surface area (Å²) in [5, 5.41) is 8.68. The molecule has 96 valence electrons. The van der Waals surface area contributed by atoms with Crippen LogP contribution in [0, 0.1) is 5.82 Å². The highest BCUT2D eigenvalue weighted by Crippen LogP contribution is 2.27. The van der Waals surface area contributed by atoms with Crippen LogP contribution in [0.25, 0.3) is 16.5 Å². The third kappa shape index (κ3) is 2.13. The Balaban J connectivity index is 0.00000120. The van der Waals surface area contributed by atoms with Gasteiger partial charge in [0.1, 0.15) is 5.82 Å². The summed E-state index contributed by atoms with van der Waals surface area (Å²) in [5.74, 6) is -0.207. The largest absolute Gasteiger partial charge is 0.313 e. The summed E-state index contributed by atoms with van der Waals surface area (Å²) in [5.41, 5.74) is 3.10. The van der Waals surface area contributed by atoms with Gasteiger partial charge in [-0.1, -0.05) is 6.08 Å². The molecule has 1 aliphatic heterocycles. The Kier molecular flexibility index (Phi) is 3.68. The fraction of sp³-hybridized carbons (Fsp3) is 0.308. The summed E-state index contributed by atoms with van der Waals surface area (Å²) in [6.45, 7) is 1.82. The minimum Gasteiger partial charge on any atom is -0.313 e. The zero-order valence-electron chi connectivity index (χ0n) is 10.1. The van der Waals surface area contributed by atoms with Gasteiger partial charge in [0.2, 0.25) is 0 Å². The van der Waals surface area contributed by atoms with Crippen LogP contribution in [0.15, 0.2) is 24.3 Å². The van der Waals surface area contributed by atoms with Gasteiger partial charge in [-0.3, -0.25) is 4.68 Å². The second-order valence-electron chi connectivity index (χ2n) is 4.32. The first-order valence-electron chi connectivity index (χ1n) is 5.78. The van der Waals surface area contributed by atoms with Gasteiger partial charge >= 0.3 is 0 Å². The number of fused-ring (bicyclic) bond motifs is 1. The first-order valence-corrected chi connectivity index (χ1v) is 5.78. The first-order chi connectivity index (χ1) is 8.25. The predicted octanol–water partition coefficient (Wildman–Crippen LogP) is 2.51. The van der Waals surface area contributed by atoms with Crippen LogP contribution < -0.4 is 5.32 Å². The molecule has 1 aromatic carbocycles. The van der Waals surface area contributed by atoms with Gasteiger partial charge in [0.15, 0.2) is 0 Å². The minimum atomic E-state index is -0.207. The standard InChI is InChI=1S/C13H14FN3.ClH/c1-17-12-3-2-10(14)8-11(12)13(16-17)9-4-6-15-7-5-9;/h2-4,8,15H,5-7H2,1H3;1H. The molecule has 0 saturated heterocycles. The van der Waals surface area contributed by atoms with Gasteiger partial charge in [0.05, 0.1) is 11.2 Å². The third-order valence-corrected chi connectivity index (χ3v) is 3.18. The molecule has 1 N–H and O–H groups in total. The van der Waals surface area contributed by atoms with Crippen LogP contribution in [0.5, 0.6) is 0 Å². The fourth-order valence-corrected chi connectivity index (χ4v) is 2.31. The summed E-state index contributed by atoms with van der Waals surface area (Å²) < 4.78 is 15.1. The van der Waals surface area contributed by atoms with E-state index in [2.05, 4.69) is 16.5 Å². The van der Waals surface area contributed by atoms with Crippen molar-refractivity contribution in [3.8, 4) is 0 Å². The maximum absolute atomic E-state index is 13.3. The van der Waals surface area contributed by atoms with Gasteiger partial charge < -0.3 is 5.32 Å². The molecule has 0 saturated carbocycles. The number of aromatic nitrogens is 2. The highest BCUT2D eigenvalue weighted by molar-refractivity contribution is 5.91. The number of nitrogens with one attached hydrogen (secondary N) is 1. The molecule has 0 radical (unpaired) electrons. The Morgan fingerprint density at radius 1 is 1.39 bits per heavy atom. The molecule has 2 heterocycles. The van der Waals surface area contributed by atoms with Crippen molar-refractivity contribution in [2.24, 2.45) is 7.05 Å². The Labute approximate surface area is 111 Å². The monoisotopic (exact) mass is 267 g/mol. The molecule has 0 aliphatic carbocycles. The third-order valence-electron chi connectivity index (χ3n) is 3.18. The van der Waals surface area contributed by atoms with Crippen molar-refractivity contribution in [1.82, 2.24) is 15.1 Å². The summed E-state index contributed by atoms with van der Waals surface area (Å²) in [6.07, 6.45) is 3.08. The number of halogens is 2.